The largest absolute Gasteiger partial charge is 0.357 e. The molecule has 28 heavy (non-hydrogen) atoms. The predicted molar refractivity (Wildman–Crippen MR) is 114 cm³/mol. The van der Waals surface area contributed by atoms with Gasteiger partial charge in [-0.1, -0.05) is 29.8 Å². The molecule has 1 N–H and O–H groups in total. The van der Waals surface area contributed by atoms with Crippen molar-refractivity contribution in [2.75, 3.05) is 18.0 Å². The number of hydrogen-bond donors (Lipinski definition) is 1. The van der Waals surface area contributed by atoms with E-state index in [1.165, 1.54) is 18.4 Å². The van der Waals surface area contributed by atoms with Gasteiger partial charge in [-0.15, -0.1) is 11.3 Å². The maximum atomic E-state index is 12.3. The van der Waals surface area contributed by atoms with Crippen LogP contribution in [0.4, 0.5) is 5.82 Å². The van der Waals surface area contributed by atoms with Gasteiger partial charge in [0.2, 0.25) is 5.91 Å². The normalized spacial score (nSPS) is 13.7. The average Bonchev–Trinajstić information content (AvgIpc) is 3.39. The fourth-order valence-electron chi connectivity index (χ4n) is 3.38. The molecule has 5 nitrogen and oxygen atoms in total. The highest BCUT2D eigenvalue weighted by Gasteiger charge is 2.13. The van der Waals surface area contributed by atoms with Crippen LogP contribution in [0.3, 0.4) is 0 Å². The molecule has 6 heteroatoms. The number of hydrogen-bond acceptors (Lipinski definition) is 5. The lowest BCUT2D eigenvalue weighted by Gasteiger charge is -2.16. The monoisotopic (exact) mass is 392 g/mol. The smallest absolute Gasteiger partial charge is 0.226 e. The highest BCUT2D eigenvalue weighted by molar-refractivity contribution is 7.13. The third-order valence-electron chi connectivity index (χ3n) is 4.89. The lowest BCUT2D eigenvalue weighted by molar-refractivity contribution is -0.120. The van der Waals surface area contributed by atoms with E-state index in [2.05, 4.69) is 45.3 Å². The Hall–Kier alpha value is -2.73. The molecule has 0 spiro atoms. The molecule has 3 aromatic rings. The second-order valence-corrected chi connectivity index (χ2v) is 8.04. The predicted octanol–water partition coefficient (Wildman–Crippen LogP) is 3.97. The summed E-state index contributed by atoms with van der Waals surface area (Å²) in [7, 11) is 0. The first kappa shape index (κ1) is 18.6. The number of benzene rings is 1. The van der Waals surface area contributed by atoms with Gasteiger partial charge < -0.3 is 10.2 Å². The molecule has 0 atom stereocenters. The van der Waals surface area contributed by atoms with E-state index < -0.39 is 0 Å². The van der Waals surface area contributed by atoms with Crippen LogP contribution in [0.2, 0.25) is 0 Å². The van der Waals surface area contributed by atoms with Crippen LogP contribution in [0.5, 0.6) is 0 Å². The number of amides is 1. The van der Waals surface area contributed by atoms with Gasteiger partial charge in [0, 0.05) is 36.8 Å². The molecule has 1 fully saturated rings. The Morgan fingerprint density at radius 3 is 2.82 bits per heavy atom. The standard InChI is InChI=1S/C22H24N4OS/c1-16-5-4-6-18(11-16)22-25-19(15-28-22)12-21(27)24-14-17-7-8-20(23-13-17)26-9-2-3-10-26/h4-8,11,13,15H,2-3,9-10,12,14H2,1H3,(H,24,27). The maximum Gasteiger partial charge on any atom is 0.226 e. The summed E-state index contributed by atoms with van der Waals surface area (Å²) in [5, 5.41) is 5.88. The second-order valence-electron chi connectivity index (χ2n) is 7.19. The van der Waals surface area contributed by atoms with Gasteiger partial charge >= 0.3 is 0 Å². The molecule has 1 aromatic carbocycles. The topological polar surface area (TPSA) is 58.1 Å². The molecule has 0 aliphatic carbocycles. The van der Waals surface area contributed by atoms with Crippen molar-refractivity contribution in [3.8, 4) is 10.6 Å². The summed E-state index contributed by atoms with van der Waals surface area (Å²) in [6, 6.07) is 12.3. The second kappa shape index (κ2) is 8.52. The first-order chi connectivity index (χ1) is 13.7. The first-order valence-corrected chi connectivity index (χ1v) is 10.5. The van der Waals surface area contributed by atoms with Crippen LogP contribution in [0.1, 0.15) is 29.7 Å². The van der Waals surface area contributed by atoms with Crippen LogP contribution in [-0.4, -0.2) is 29.0 Å². The van der Waals surface area contributed by atoms with Crippen LogP contribution >= 0.6 is 11.3 Å². The highest BCUT2D eigenvalue weighted by atomic mass is 32.1. The summed E-state index contributed by atoms with van der Waals surface area (Å²) in [4.78, 5) is 23.7. The Bertz CT molecular complexity index is 945. The van der Waals surface area contributed by atoms with Crippen LogP contribution in [-0.2, 0) is 17.8 Å². The van der Waals surface area contributed by atoms with Crippen LogP contribution < -0.4 is 10.2 Å². The summed E-state index contributed by atoms with van der Waals surface area (Å²) in [6.07, 6.45) is 4.62. The van der Waals surface area contributed by atoms with Crippen molar-refractivity contribution >= 4 is 23.1 Å². The quantitative estimate of drug-likeness (QED) is 0.690. The van der Waals surface area contributed by atoms with Crippen molar-refractivity contribution in [3.63, 3.8) is 0 Å². The molecular weight excluding hydrogens is 368 g/mol. The summed E-state index contributed by atoms with van der Waals surface area (Å²) in [6.45, 7) is 4.72. The minimum atomic E-state index is -0.0234. The van der Waals surface area contributed by atoms with Gasteiger partial charge in [0.25, 0.3) is 0 Å². The zero-order valence-electron chi connectivity index (χ0n) is 16.0. The lowest BCUT2D eigenvalue weighted by atomic mass is 10.1. The molecule has 0 bridgehead atoms. The van der Waals surface area contributed by atoms with E-state index in [4.69, 9.17) is 0 Å². The molecule has 1 saturated heterocycles. The number of anilines is 1. The van der Waals surface area contributed by atoms with E-state index in [0.29, 0.717) is 13.0 Å². The number of aromatic nitrogens is 2. The van der Waals surface area contributed by atoms with Crippen molar-refractivity contribution in [2.24, 2.45) is 0 Å². The number of carbonyl (C=O) groups is 1. The molecule has 0 unspecified atom stereocenters. The van der Waals surface area contributed by atoms with Gasteiger partial charge in [0.05, 0.1) is 12.1 Å². The molecule has 1 aliphatic rings. The van der Waals surface area contributed by atoms with E-state index in [-0.39, 0.29) is 5.91 Å². The van der Waals surface area contributed by atoms with Gasteiger partial charge in [-0.05, 0) is 37.5 Å². The average molecular weight is 393 g/mol. The summed E-state index contributed by atoms with van der Waals surface area (Å²) >= 11 is 1.58. The molecule has 3 heterocycles. The SMILES string of the molecule is Cc1cccc(-c2nc(CC(=O)NCc3ccc(N4CCCC4)nc3)cs2)c1. The molecular formula is C22H24N4OS. The van der Waals surface area contributed by atoms with Crippen LogP contribution in [0.25, 0.3) is 10.6 Å². The maximum absolute atomic E-state index is 12.3. The summed E-state index contributed by atoms with van der Waals surface area (Å²) < 4.78 is 0. The molecule has 4 rings (SSSR count). The lowest BCUT2D eigenvalue weighted by Crippen LogP contribution is -2.25. The van der Waals surface area contributed by atoms with Crippen molar-refractivity contribution in [3.05, 3.63) is 64.8 Å². The van der Waals surface area contributed by atoms with Crippen molar-refractivity contribution in [2.45, 2.75) is 32.7 Å². The van der Waals surface area contributed by atoms with Gasteiger partial charge in [-0.2, -0.15) is 0 Å². The number of nitrogens with one attached hydrogen (secondary N) is 1. The van der Waals surface area contributed by atoms with Crippen molar-refractivity contribution in [1.29, 1.82) is 0 Å². The van der Waals surface area contributed by atoms with E-state index in [1.807, 2.05) is 29.8 Å². The minimum Gasteiger partial charge on any atom is -0.357 e. The van der Waals surface area contributed by atoms with E-state index in [1.54, 1.807) is 11.3 Å². The van der Waals surface area contributed by atoms with Gasteiger partial charge in [-0.25, -0.2) is 9.97 Å². The van der Waals surface area contributed by atoms with E-state index >= 15 is 0 Å². The zero-order valence-corrected chi connectivity index (χ0v) is 16.8. The van der Waals surface area contributed by atoms with Crippen LogP contribution in [0.15, 0.2) is 48.0 Å². The number of nitrogens with zero attached hydrogens (tertiary/aromatic N) is 3. The number of pyridine rings is 1. The zero-order chi connectivity index (χ0) is 19.3. The van der Waals surface area contributed by atoms with Crippen molar-refractivity contribution < 1.29 is 4.79 Å². The van der Waals surface area contributed by atoms with Crippen LogP contribution in [0, 0.1) is 6.92 Å². The highest BCUT2D eigenvalue weighted by Crippen LogP contribution is 2.24. The fraction of sp³-hybridized carbons (Fsp3) is 0.318. The minimum absolute atomic E-state index is 0.0234. The Morgan fingerprint density at radius 2 is 2.07 bits per heavy atom. The Kier molecular flexibility index (Phi) is 5.67. The Balaban J connectivity index is 1.30. The van der Waals surface area contributed by atoms with Gasteiger partial charge in [0.15, 0.2) is 0 Å². The molecule has 2 aromatic heterocycles. The van der Waals surface area contributed by atoms with Gasteiger partial charge in [0.1, 0.15) is 10.8 Å². The van der Waals surface area contributed by atoms with Gasteiger partial charge in [-0.3, -0.25) is 4.79 Å². The third kappa shape index (κ3) is 4.57. The van der Waals surface area contributed by atoms with E-state index in [0.717, 1.165) is 40.7 Å². The molecule has 0 radical (unpaired) electrons. The number of thiazole rings is 1. The summed E-state index contributed by atoms with van der Waals surface area (Å²) in [5.74, 6) is 1.00. The Labute approximate surface area is 169 Å². The third-order valence-corrected chi connectivity index (χ3v) is 5.83. The summed E-state index contributed by atoms with van der Waals surface area (Å²) in [5.41, 5.74) is 4.12. The molecule has 144 valence electrons. The molecule has 1 amide bonds. The number of rotatable bonds is 6. The molecule has 0 saturated carbocycles. The van der Waals surface area contributed by atoms with E-state index in [9.17, 15) is 4.79 Å². The molecule has 1 aliphatic heterocycles. The first-order valence-electron chi connectivity index (χ1n) is 9.65. The number of aryl methyl sites for hydroxylation is 1. The van der Waals surface area contributed by atoms with Crippen molar-refractivity contribution in [1.82, 2.24) is 15.3 Å². The fourth-order valence-corrected chi connectivity index (χ4v) is 4.20. The Morgan fingerprint density at radius 1 is 1.21 bits per heavy atom. The number of carbonyl (C=O) groups excluding carboxylic acids is 1.